The molecular weight excluding hydrogens is 320 g/mol. The van der Waals surface area contributed by atoms with Crippen LogP contribution in [0.4, 0.5) is 14.5 Å². The number of rotatable bonds is 5. The van der Waals surface area contributed by atoms with Crippen molar-refractivity contribution in [3.05, 3.63) is 47.3 Å². The Morgan fingerprint density at radius 2 is 2.00 bits per heavy atom. The lowest BCUT2D eigenvalue weighted by Crippen LogP contribution is -2.14. The van der Waals surface area contributed by atoms with Crippen LogP contribution in [0.25, 0.3) is 0 Å². The van der Waals surface area contributed by atoms with E-state index in [0.29, 0.717) is 12.1 Å². The zero-order valence-corrected chi connectivity index (χ0v) is 12.7. The molecule has 0 bridgehead atoms. The summed E-state index contributed by atoms with van der Waals surface area (Å²) in [7, 11) is 1.35. The first-order valence-corrected chi connectivity index (χ1v) is 7.32. The van der Waals surface area contributed by atoms with E-state index in [2.05, 4.69) is 10.4 Å². The average molecular weight is 335 g/mol. The van der Waals surface area contributed by atoms with Crippen LogP contribution in [0.15, 0.2) is 30.5 Å². The highest BCUT2D eigenvalue weighted by atomic mass is 19.3. The number of hydrogen-bond donors (Lipinski definition) is 2. The van der Waals surface area contributed by atoms with Crippen molar-refractivity contribution in [3.63, 3.8) is 0 Å². The third-order valence-corrected chi connectivity index (χ3v) is 4.14. The second-order valence-corrected chi connectivity index (χ2v) is 5.73. The van der Waals surface area contributed by atoms with E-state index in [4.69, 9.17) is 5.11 Å². The van der Waals surface area contributed by atoms with Gasteiger partial charge in [0.2, 0.25) is 0 Å². The number of aromatic nitrogens is 2. The number of carbonyl (C=O) groups is 2. The van der Waals surface area contributed by atoms with Gasteiger partial charge in [-0.05, 0) is 30.0 Å². The number of aliphatic carboxylic acids is 1. The Morgan fingerprint density at radius 1 is 1.33 bits per heavy atom. The van der Waals surface area contributed by atoms with Crippen molar-refractivity contribution in [1.29, 1.82) is 0 Å². The standard InChI is InChI=1S/C16H15F2N3O3/c1-21-13(14(17)18)12(7-19-21)15(22)20-9-4-2-8(3-5-9)10-6-11(10)16(23)24/h2-5,7,10-11,14H,6H2,1H3,(H,20,22)(H,23,24)/t10-,11+/m0/s1. The van der Waals surface area contributed by atoms with Gasteiger partial charge in [0, 0.05) is 12.7 Å². The Hall–Kier alpha value is -2.77. The van der Waals surface area contributed by atoms with Crippen molar-refractivity contribution in [2.24, 2.45) is 13.0 Å². The summed E-state index contributed by atoms with van der Waals surface area (Å²) in [6, 6.07) is 6.73. The third kappa shape index (κ3) is 2.99. The number of nitrogens with zero attached hydrogens (tertiary/aromatic N) is 2. The highest BCUT2D eigenvalue weighted by Crippen LogP contribution is 2.47. The number of alkyl halides is 2. The summed E-state index contributed by atoms with van der Waals surface area (Å²) in [5.74, 6) is -1.83. The van der Waals surface area contributed by atoms with Gasteiger partial charge < -0.3 is 10.4 Å². The lowest BCUT2D eigenvalue weighted by atomic mass is 10.1. The molecule has 0 unspecified atom stereocenters. The van der Waals surface area contributed by atoms with Gasteiger partial charge in [-0.2, -0.15) is 5.10 Å². The second kappa shape index (κ2) is 6.03. The van der Waals surface area contributed by atoms with Crippen molar-refractivity contribution >= 4 is 17.6 Å². The topological polar surface area (TPSA) is 84.2 Å². The highest BCUT2D eigenvalue weighted by molar-refractivity contribution is 6.05. The molecule has 126 valence electrons. The molecule has 0 aliphatic heterocycles. The zero-order chi connectivity index (χ0) is 17.4. The lowest BCUT2D eigenvalue weighted by molar-refractivity contribution is -0.138. The van der Waals surface area contributed by atoms with E-state index in [1.165, 1.54) is 7.05 Å². The number of hydrogen-bond acceptors (Lipinski definition) is 3. The van der Waals surface area contributed by atoms with Crippen LogP contribution >= 0.6 is 0 Å². The summed E-state index contributed by atoms with van der Waals surface area (Å²) < 4.78 is 26.9. The second-order valence-electron chi connectivity index (χ2n) is 5.73. The molecule has 24 heavy (non-hydrogen) atoms. The fraction of sp³-hybridized carbons (Fsp3) is 0.312. The lowest BCUT2D eigenvalue weighted by Gasteiger charge is -2.07. The minimum absolute atomic E-state index is 0.00369. The number of carboxylic acid groups (broad SMARTS) is 1. The van der Waals surface area contributed by atoms with Crippen LogP contribution in [0, 0.1) is 5.92 Å². The minimum atomic E-state index is -2.80. The molecule has 6 nitrogen and oxygen atoms in total. The summed E-state index contributed by atoms with van der Waals surface area (Å²) >= 11 is 0. The molecular formula is C16H15F2N3O3. The maximum absolute atomic E-state index is 13.0. The first-order valence-electron chi connectivity index (χ1n) is 7.32. The van der Waals surface area contributed by atoms with Crippen molar-refractivity contribution in [2.75, 3.05) is 5.32 Å². The number of carboxylic acids is 1. The summed E-state index contributed by atoms with van der Waals surface area (Å²) in [6.45, 7) is 0. The number of nitrogens with one attached hydrogen (secondary N) is 1. The van der Waals surface area contributed by atoms with Crippen molar-refractivity contribution in [3.8, 4) is 0 Å². The molecule has 2 aromatic rings. The van der Waals surface area contributed by atoms with Gasteiger partial charge >= 0.3 is 5.97 Å². The molecule has 1 heterocycles. The summed E-state index contributed by atoms with van der Waals surface area (Å²) in [4.78, 5) is 23.0. The maximum atomic E-state index is 13.0. The molecule has 2 N–H and O–H groups in total. The van der Waals surface area contributed by atoms with E-state index >= 15 is 0 Å². The van der Waals surface area contributed by atoms with Crippen LogP contribution in [0.1, 0.15) is 40.4 Å². The van der Waals surface area contributed by atoms with Crippen molar-refractivity contribution < 1.29 is 23.5 Å². The number of amides is 1. The Morgan fingerprint density at radius 3 is 2.54 bits per heavy atom. The molecule has 1 saturated carbocycles. The molecule has 1 fully saturated rings. The number of benzene rings is 1. The van der Waals surface area contributed by atoms with E-state index in [-0.39, 0.29) is 17.4 Å². The molecule has 0 saturated heterocycles. The number of halogens is 2. The van der Waals surface area contributed by atoms with Crippen LogP contribution in [-0.2, 0) is 11.8 Å². The SMILES string of the molecule is Cn1ncc(C(=O)Nc2ccc([C@@H]3C[C@H]3C(=O)O)cc2)c1C(F)F. The van der Waals surface area contributed by atoms with E-state index in [9.17, 15) is 18.4 Å². The van der Waals surface area contributed by atoms with E-state index in [1.807, 2.05) is 0 Å². The monoisotopic (exact) mass is 335 g/mol. The number of carbonyl (C=O) groups excluding carboxylic acids is 1. The van der Waals surface area contributed by atoms with Crippen molar-refractivity contribution in [2.45, 2.75) is 18.8 Å². The predicted octanol–water partition coefficient (Wildman–Crippen LogP) is 2.80. The highest BCUT2D eigenvalue weighted by Gasteiger charge is 2.44. The van der Waals surface area contributed by atoms with Crippen LogP contribution in [-0.4, -0.2) is 26.8 Å². The first-order chi connectivity index (χ1) is 11.4. The predicted molar refractivity (Wildman–Crippen MR) is 81.0 cm³/mol. The quantitative estimate of drug-likeness (QED) is 0.880. The number of aryl methyl sites for hydroxylation is 1. The van der Waals surface area contributed by atoms with E-state index in [0.717, 1.165) is 16.4 Å². The van der Waals surface area contributed by atoms with Gasteiger partial charge in [-0.15, -0.1) is 0 Å². The Kier molecular flexibility index (Phi) is 4.04. The molecule has 1 aliphatic rings. The average Bonchev–Trinajstić information content (AvgIpc) is 3.23. The van der Waals surface area contributed by atoms with Gasteiger partial charge in [0.1, 0.15) is 5.69 Å². The summed E-state index contributed by atoms with van der Waals surface area (Å²) in [6.07, 6.45) is -1.09. The van der Waals surface area contributed by atoms with Gasteiger partial charge in [0.15, 0.2) is 0 Å². The molecule has 0 spiro atoms. The molecule has 3 rings (SSSR count). The third-order valence-electron chi connectivity index (χ3n) is 4.14. The molecule has 1 aromatic heterocycles. The van der Waals surface area contributed by atoms with Gasteiger partial charge in [0.25, 0.3) is 12.3 Å². The smallest absolute Gasteiger partial charge is 0.307 e. The zero-order valence-electron chi connectivity index (χ0n) is 12.7. The largest absolute Gasteiger partial charge is 0.481 e. The van der Waals surface area contributed by atoms with Gasteiger partial charge in [-0.3, -0.25) is 14.3 Å². The normalized spacial score (nSPS) is 19.3. The molecule has 0 radical (unpaired) electrons. The van der Waals surface area contributed by atoms with E-state index < -0.39 is 24.0 Å². The summed E-state index contributed by atoms with van der Waals surface area (Å²) in [5.41, 5.74) is 0.714. The molecule has 1 aliphatic carbocycles. The summed E-state index contributed by atoms with van der Waals surface area (Å²) in [5, 5.41) is 15.2. The minimum Gasteiger partial charge on any atom is -0.481 e. The van der Waals surface area contributed by atoms with Crippen LogP contribution in [0.3, 0.4) is 0 Å². The molecule has 1 aromatic carbocycles. The molecule has 1 amide bonds. The molecule has 2 atom stereocenters. The van der Waals surface area contributed by atoms with Crippen LogP contribution < -0.4 is 5.32 Å². The number of anilines is 1. The Balaban J connectivity index is 1.71. The van der Waals surface area contributed by atoms with Crippen LogP contribution in [0.5, 0.6) is 0 Å². The van der Waals surface area contributed by atoms with Gasteiger partial charge in [-0.1, -0.05) is 12.1 Å². The fourth-order valence-electron chi connectivity index (χ4n) is 2.73. The first kappa shape index (κ1) is 16.1. The fourth-order valence-corrected chi connectivity index (χ4v) is 2.73. The van der Waals surface area contributed by atoms with Crippen molar-refractivity contribution in [1.82, 2.24) is 9.78 Å². The van der Waals surface area contributed by atoms with Gasteiger partial charge in [-0.25, -0.2) is 8.78 Å². The van der Waals surface area contributed by atoms with E-state index in [1.54, 1.807) is 24.3 Å². The van der Waals surface area contributed by atoms with Gasteiger partial charge in [0.05, 0.1) is 17.7 Å². The maximum Gasteiger partial charge on any atom is 0.307 e. The van der Waals surface area contributed by atoms with Crippen LogP contribution in [0.2, 0.25) is 0 Å². The Labute approximate surface area is 136 Å². The Bertz CT molecular complexity index is 786. The molecule has 8 heteroatoms.